The summed E-state index contributed by atoms with van der Waals surface area (Å²) in [4.78, 5) is 13.8. The van der Waals surface area contributed by atoms with Crippen LogP contribution in [0, 0.1) is 5.92 Å². The van der Waals surface area contributed by atoms with E-state index in [1.54, 1.807) is 0 Å². The highest BCUT2D eigenvalue weighted by atomic mass is 16.1. The monoisotopic (exact) mass is 287 g/mol. The Labute approximate surface area is 129 Å². The largest absolute Gasteiger partial charge is 0.302 e. The lowest BCUT2D eigenvalue weighted by molar-refractivity contribution is -0.113. The van der Waals surface area contributed by atoms with Gasteiger partial charge in [-0.25, -0.2) is 0 Å². The lowest BCUT2D eigenvalue weighted by Crippen LogP contribution is -2.37. The molecule has 0 radical (unpaired) electrons. The molecule has 2 nitrogen and oxygen atoms in total. The average Bonchev–Trinajstić information content (AvgIpc) is 2.44. The molecule has 0 aliphatic carbocycles. The summed E-state index contributed by atoms with van der Waals surface area (Å²) in [6, 6.07) is 10.4. The summed E-state index contributed by atoms with van der Waals surface area (Å²) < 4.78 is 0. The first-order valence-corrected chi connectivity index (χ1v) is 7.89. The molecule has 1 atom stereocenters. The maximum absolute atomic E-state index is 11.5. The number of allylic oxidation sites excluding steroid dienone is 1. The first kappa shape index (κ1) is 17.6. The summed E-state index contributed by atoms with van der Waals surface area (Å²) in [5.41, 5.74) is 2.60. The number of hydrogen-bond donors (Lipinski definition) is 0. The molecule has 1 aromatic carbocycles. The van der Waals surface area contributed by atoms with Crippen LogP contribution in [0.5, 0.6) is 0 Å². The fourth-order valence-corrected chi connectivity index (χ4v) is 2.47. The van der Waals surface area contributed by atoms with Crippen LogP contribution in [0.4, 0.5) is 0 Å². The van der Waals surface area contributed by atoms with Gasteiger partial charge >= 0.3 is 0 Å². The fraction of sp³-hybridized carbons (Fsp3) is 0.526. The second-order valence-electron chi connectivity index (χ2n) is 6.36. The Morgan fingerprint density at radius 2 is 1.86 bits per heavy atom. The number of rotatable bonds is 9. The van der Waals surface area contributed by atoms with E-state index in [4.69, 9.17) is 0 Å². The van der Waals surface area contributed by atoms with Crippen LogP contribution in [0.3, 0.4) is 0 Å². The lowest BCUT2D eigenvalue weighted by Gasteiger charge is -2.29. The molecule has 0 bridgehead atoms. The van der Waals surface area contributed by atoms with Crippen molar-refractivity contribution in [2.24, 2.45) is 5.92 Å². The van der Waals surface area contributed by atoms with Gasteiger partial charge in [0, 0.05) is 13.1 Å². The quantitative estimate of drug-likeness (QED) is 0.494. The van der Waals surface area contributed by atoms with Crippen molar-refractivity contribution in [3.8, 4) is 0 Å². The van der Waals surface area contributed by atoms with Crippen LogP contribution in [0.1, 0.15) is 46.1 Å². The third-order valence-corrected chi connectivity index (χ3v) is 3.54. The van der Waals surface area contributed by atoms with Gasteiger partial charge in [0.15, 0.2) is 0 Å². The van der Waals surface area contributed by atoms with E-state index >= 15 is 0 Å². The van der Waals surface area contributed by atoms with Gasteiger partial charge in [-0.05, 0) is 38.2 Å². The molecule has 0 unspecified atom stereocenters. The molecule has 0 aromatic heterocycles. The molecule has 0 aliphatic heterocycles. The Morgan fingerprint density at radius 3 is 2.38 bits per heavy atom. The minimum Gasteiger partial charge on any atom is -0.302 e. The van der Waals surface area contributed by atoms with Gasteiger partial charge in [-0.3, -0.25) is 4.90 Å². The van der Waals surface area contributed by atoms with E-state index in [2.05, 4.69) is 62.9 Å². The molecular weight excluding hydrogens is 258 g/mol. The number of nitrogens with zero attached hydrogens (tertiary/aromatic N) is 1. The van der Waals surface area contributed by atoms with E-state index in [1.807, 2.05) is 6.07 Å². The van der Waals surface area contributed by atoms with Gasteiger partial charge in [-0.15, -0.1) is 0 Å². The van der Waals surface area contributed by atoms with E-state index in [0.717, 1.165) is 32.2 Å². The topological polar surface area (TPSA) is 20.3 Å². The molecular formula is C19H29NO. The molecule has 1 aromatic rings. The summed E-state index contributed by atoms with van der Waals surface area (Å²) in [5.74, 6) is 0.530. The SMILES string of the molecule is CC(C)=CCCN(Cc1ccccc1)[C@H](C=O)CC(C)C. The average molecular weight is 287 g/mol. The first-order chi connectivity index (χ1) is 10.0. The third kappa shape index (κ3) is 7.24. The Balaban J connectivity index is 2.76. The standard InChI is InChI=1S/C19H29NO/c1-16(2)9-8-12-20(19(15-21)13-17(3)4)14-18-10-6-5-7-11-18/h5-7,9-11,15,17,19H,8,12-14H2,1-4H3/t19-/m0/s1. The molecule has 0 heterocycles. The van der Waals surface area contributed by atoms with Crippen LogP contribution in [0.25, 0.3) is 0 Å². The Hall–Kier alpha value is -1.41. The molecule has 21 heavy (non-hydrogen) atoms. The summed E-state index contributed by atoms with van der Waals surface area (Å²) in [7, 11) is 0. The highest BCUT2D eigenvalue weighted by Crippen LogP contribution is 2.15. The third-order valence-electron chi connectivity index (χ3n) is 3.54. The second kappa shape index (κ2) is 9.51. The van der Waals surface area contributed by atoms with Gasteiger partial charge in [0.1, 0.15) is 6.29 Å². The first-order valence-electron chi connectivity index (χ1n) is 7.89. The summed E-state index contributed by atoms with van der Waals surface area (Å²) in [5, 5.41) is 0. The number of aldehydes is 1. The zero-order chi connectivity index (χ0) is 15.7. The van der Waals surface area contributed by atoms with E-state index in [9.17, 15) is 4.79 Å². The zero-order valence-electron chi connectivity index (χ0n) is 13.9. The lowest BCUT2D eigenvalue weighted by atomic mass is 10.0. The molecule has 0 amide bonds. The van der Waals surface area contributed by atoms with Crippen LogP contribution in [0.2, 0.25) is 0 Å². The molecule has 0 saturated heterocycles. The molecule has 116 valence electrons. The van der Waals surface area contributed by atoms with Crippen LogP contribution in [-0.4, -0.2) is 23.8 Å². The normalized spacial score (nSPS) is 12.5. The summed E-state index contributed by atoms with van der Waals surface area (Å²) in [6.07, 6.45) is 5.28. The molecule has 0 N–H and O–H groups in total. The molecule has 0 fully saturated rings. The summed E-state index contributed by atoms with van der Waals surface area (Å²) >= 11 is 0. The molecule has 0 saturated carbocycles. The van der Waals surface area contributed by atoms with Crippen molar-refractivity contribution < 1.29 is 4.79 Å². The maximum atomic E-state index is 11.5. The number of carbonyl (C=O) groups is 1. The van der Waals surface area contributed by atoms with Crippen molar-refractivity contribution in [3.05, 3.63) is 47.5 Å². The highest BCUT2D eigenvalue weighted by molar-refractivity contribution is 5.57. The molecule has 1 rings (SSSR count). The van der Waals surface area contributed by atoms with Gasteiger partial charge < -0.3 is 4.79 Å². The van der Waals surface area contributed by atoms with Crippen molar-refractivity contribution in [2.75, 3.05) is 6.54 Å². The van der Waals surface area contributed by atoms with Crippen molar-refractivity contribution >= 4 is 6.29 Å². The summed E-state index contributed by atoms with van der Waals surface area (Å²) in [6.45, 7) is 10.4. The van der Waals surface area contributed by atoms with Crippen LogP contribution in [-0.2, 0) is 11.3 Å². The van der Waals surface area contributed by atoms with Gasteiger partial charge in [-0.1, -0.05) is 55.8 Å². The number of benzene rings is 1. The second-order valence-corrected chi connectivity index (χ2v) is 6.36. The van der Waals surface area contributed by atoms with E-state index in [1.165, 1.54) is 11.1 Å². The van der Waals surface area contributed by atoms with Gasteiger partial charge in [0.2, 0.25) is 0 Å². The van der Waals surface area contributed by atoms with Crippen molar-refractivity contribution in [1.29, 1.82) is 0 Å². The minimum absolute atomic E-state index is 0.00997. The molecule has 2 heteroatoms. The van der Waals surface area contributed by atoms with Crippen molar-refractivity contribution in [1.82, 2.24) is 4.90 Å². The van der Waals surface area contributed by atoms with Crippen LogP contribution >= 0.6 is 0 Å². The van der Waals surface area contributed by atoms with Crippen LogP contribution < -0.4 is 0 Å². The van der Waals surface area contributed by atoms with E-state index in [0.29, 0.717) is 5.92 Å². The highest BCUT2D eigenvalue weighted by Gasteiger charge is 2.18. The van der Waals surface area contributed by atoms with E-state index < -0.39 is 0 Å². The smallest absolute Gasteiger partial charge is 0.137 e. The van der Waals surface area contributed by atoms with Gasteiger partial charge in [-0.2, -0.15) is 0 Å². The number of carbonyl (C=O) groups excluding carboxylic acids is 1. The predicted octanol–water partition coefficient (Wildman–Crippen LogP) is 4.46. The molecule has 0 spiro atoms. The zero-order valence-corrected chi connectivity index (χ0v) is 13.9. The predicted molar refractivity (Wildman–Crippen MR) is 90.2 cm³/mol. The maximum Gasteiger partial charge on any atom is 0.137 e. The van der Waals surface area contributed by atoms with Crippen LogP contribution in [0.15, 0.2) is 42.0 Å². The Morgan fingerprint density at radius 1 is 1.19 bits per heavy atom. The Kier molecular flexibility index (Phi) is 7.99. The van der Waals surface area contributed by atoms with E-state index in [-0.39, 0.29) is 6.04 Å². The Bertz CT molecular complexity index is 432. The minimum atomic E-state index is 0.00997. The van der Waals surface area contributed by atoms with Gasteiger partial charge in [0.25, 0.3) is 0 Å². The van der Waals surface area contributed by atoms with Crippen molar-refractivity contribution in [2.45, 2.75) is 53.1 Å². The fourth-order valence-electron chi connectivity index (χ4n) is 2.47. The van der Waals surface area contributed by atoms with Crippen molar-refractivity contribution in [3.63, 3.8) is 0 Å². The number of hydrogen-bond acceptors (Lipinski definition) is 2. The molecule has 0 aliphatic rings. The van der Waals surface area contributed by atoms with Gasteiger partial charge in [0.05, 0.1) is 6.04 Å².